The van der Waals surface area contributed by atoms with Gasteiger partial charge in [0.15, 0.2) is 12.2 Å². The average molecular weight is 1410 g/mol. The molecule has 5 atom stereocenters. The summed E-state index contributed by atoms with van der Waals surface area (Å²) in [5.41, 5.74) is 0. The Morgan fingerprint density at radius 2 is 0.479 bits per heavy atom. The van der Waals surface area contributed by atoms with Gasteiger partial charge in [-0.25, -0.2) is 9.13 Å². The molecule has 19 heteroatoms. The zero-order valence-electron chi connectivity index (χ0n) is 62.5. The van der Waals surface area contributed by atoms with Crippen LogP contribution in [-0.2, 0) is 65.4 Å². The molecule has 0 saturated carbocycles. The number of carbonyl (C=O) groups excluding carboxylic acids is 4. The van der Waals surface area contributed by atoms with Gasteiger partial charge in [-0.15, -0.1) is 0 Å². The summed E-state index contributed by atoms with van der Waals surface area (Å²) in [6, 6.07) is 0. The van der Waals surface area contributed by atoms with E-state index in [4.69, 9.17) is 37.0 Å². The van der Waals surface area contributed by atoms with Crippen molar-refractivity contribution >= 4 is 39.5 Å². The fraction of sp³-hybridized carbons (Fsp3) is 0.948. The summed E-state index contributed by atoms with van der Waals surface area (Å²) >= 11 is 0. The van der Waals surface area contributed by atoms with Crippen molar-refractivity contribution in [1.29, 1.82) is 0 Å². The highest BCUT2D eigenvalue weighted by molar-refractivity contribution is 7.47. The number of esters is 4. The molecule has 0 aliphatic carbocycles. The molecule has 0 spiro atoms. The minimum absolute atomic E-state index is 0.105. The number of phosphoric acid groups is 2. The van der Waals surface area contributed by atoms with Gasteiger partial charge in [0.1, 0.15) is 19.3 Å². The van der Waals surface area contributed by atoms with Crippen LogP contribution in [0.3, 0.4) is 0 Å². The molecule has 0 aromatic heterocycles. The Balaban J connectivity index is 5.23. The van der Waals surface area contributed by atoms with Crippen molar-refractivity contribution in [3.63, 3.8) is 0 Å². The van der Waals surface area contributed by atoms with E-state index in [2.05, 4.69) is 34.6 Å². The molecule has 0 bridgehead atoms. The second-order valence-corrected chi connectivity index (χ2v) is 31.1. The van der Waals surface area contributed by atoms with Gasteiger partial charge in [-0.1, -0.05) is 356 Å². The molecule has 0 radical (unpaired) electrons. The first-order valence-electron chi connectivity index (χ1n) is 40.1. The van der Waals surface area contributed by atoms with Crippen LogP contribution in [0.15, 0.2) is 0 Å². The van der Waals surface area contributed by atoms with Gasteiger partial charge in [-0.2, -0.15) is 0 Å². The lowest BCUT2D eigenvalue weighted by atomic mass is 10.0. The first-order valence-corrected chi connectivity index (χ1v) is 43.1. The Hall–Kier alpha value is -1.94. The van der Waals surface area contributed by atoms with E-state index < -0.39 is 97.5 Å². The number of aliphatic hydroxyl groups excluding tert-OH is 1. The van der Waals surface area contributed by atoms with Crippen LogP contribution in [-0.4, -0.2) is 96.7 Å². The van der Waals surface area contributed by atoms with Gasteiger partial charge in [0.25, 0.3) is 0 Å². The maximum atomic E-state index is 13.1. The number of aliphatic hydroxyl groups is 1. The molecule has 0 amide bonds. The molecule has 570 valence electrons. The molecule has 0 aromatic carbocycles. The van der Waals surface area contributed by atoms with Crippen molar-refractivity contribution in [1.82, 2.24) is 0 Å². The smallest absolute Gasteiger partial charge is 0.462 e. The topological polar surface area (TPSA) is 237 Å². The number of phosphoric ester groups is 2. The summed E-state index contributed by atoms with van der Waals surface area (Å²) in [7, 11) is -9.91. The quantitative estimate of drug-likeness (QED) is 0.0222. The molecule has 0 aromatic rings. The number of rotatable bonds is 77. The summed E-state index contributed by atoms with van der Waals surface area (Å²) in [6.07, 6.45) is 59.6. The van der Waals surface area contributed by atoms with E-state index >= 15 is 0 Å². The van der Waals surface area contributed by atoms with Gasteiger partial charge in [0.05, 0.1) is 26.4 Å². The van der Waals surface area contributed by atoms with Crippen molar-refractivity contribution < 1.29 is 80.2 Å². The second kappa shape index (κ2) is 70.1. The predicted octanol–water partition coefficient (Wildman–Crippen LogP) is 22.9. The number of unbranched alkanes of at least 4 members (excludes halogenated alkanes) is 49. The summed E-state index contributed by atoms with van der Waals surface area (Å²) < 4.78 is 68.6. The van der Waals surface area contributed by atoms with Crippen LogP contribution in [0.5, 0.6) is 0 Å². The molecule has 0 aliphatic rings. The van der Waals surface area contributed by atoms with Gasteiger partial charge in [0.2, 0.25) is 0 Å². The molecule has 0 fully saturated rings. The molecule has 0 aliphatic heterocycles. The van der Waals surface area contributed by atoms with Gasteiger partial charge in [0, 0.05) is 25.7 Å². The minimum Gasteiger partial charge on any atom is -0.462 e. The van der Waals surface area contributed by atoms with Crippen LogP contribution in [0.1, 0.15) is 407 Å². The van der Waals surface area contributed by atoms with Crippen molar-refractivity contribution in [2.75, 3.05) is 39.6 Å². The third-order valence-corrected chi connectivity index (χ3v) is 19.9. The predicted molar refractivity (Wildman–Crippen MR) is 391 cm³/mol. The lowest BCUT2D eigenvalue weighted by Gasteiger charge is -2.21. The summed E-state index contributed by atoms with van der Waals surface area (Å²) in [6.45, 7) is 7.26. The minimum atomic E-state index is -4.96. The van der Waals surface area contributed by atoms with Crippen molar-refractivity contribution in [2.24, 2.45) is 5.92 Å². The lowest BCUT2D eigenvalue weighted by Crippen LogP contribution is -2.30. The highest BCUT2D eigenvalue weighted by Gasteiger charge is 2.30. The highest BCUT2D eigenvalue weighted by atomic mass is 31.2. The number of hydrogen-bond acceptors (Lipinski definition) is 15. The van der Waals surface area contributed by atoms with Crippen LogP contribution < -0.4 is 0 Å². The van der Waals surface area contributed by atoms with Crippen LogP contribution in [0, 0.1) is 5.92 Å². The van der Waals surface area contributed by atoms with E-state index in [1.54, 1.807) is 0 Å². The third-order valence-electron chi connectivity index (χ3n) is 18.0. The third kappa shape index (κ3) is 70.5. The maximum absolute atomic E-state index is 13.1. The molecule has 17 nitrogen and oxygen atoms in total. The Morgan fingerprint density at radius 3 is 0.708 bits per heavy atom. The normalized spacial score (nSPS) is 13.9. The molecular weight excluding hydrogens is 1260 g/mol. The second-order valence-electron chi connectivity index (χ2n) is 28.2. The van der Waals surface area contributed by atoms with Crippen molar-refractivity contribution in [3.05, 3.63) is 0 Å². The Labute approximate surface area is 588 Å². The zero-order valence-corrected chi connectivity index (χ0v) is 64.3. The van der Waals surface area contributed by atoms with E-state index in [-0.39, 0.29) is 25.7 Å². The molecule has 96 heavy (non-hydrogen) atoms. The first kappa shape index (κ1) is 94.1. The fourth-order valence-electron chi connectivity index (χ4n) is 11.9. The van der Waals surface area contributed by atoms with Gasteiger partial charge < -0.3 is 33.8 Å². The Morgan fingerprint density at radius 1 is 0.281 bits per heavy atom. The molecule has 2 unspecified atom stereocenters. The van der Waals surface area contributed by atoms with Gasteiger partial charge in [-0.05, 0) is 31.6 Å². The van der Waals surface area contributed by atoms with Crippen molar-refractivity contribution in [3.8, 4) is 0 Å². The van der Waals surface area contributed by atoms with Crippen molar-refractivity contribution in [2.45, 2.75) is 425 Å². The van der Waals surface area contributed by atoms with E-state index in [1.165, 1.54) is 231 Å². The van der Waals surface area contributed by atoms with Crippen LogP contribution in [0.4, 0.5) is 0 Å². The standard InChI is InChI=1S/C77H150O17P2/c1-6-9-12-15-18-21-24-26-28-30-31-33-35-38-41-47-52-57-62-76(81)93-72(66-88-75(80)61-56-51-46-40-37-34-32-29-27-25-22-19-16-13-10-7-2)68-91-95(83,84)89-64-71(78)65-90-96(85,86)92-69-73(94-77(82)63-58-53-48-43-42-44-49-54-59-70(4)5)67-87-74(79)60-55-50-45-39-36-23-20-17-14-11-8-3/h70-73,78H,6-69H2,1-5H3,(H,83,84)(H,85,86)/t71-,72-,73-/m1/s1. The van der Waals surface area contributed by atoms with Crippen LogP contribution in [0.2, 0.25) is 0 Å². The summed E-state index contributed by atoms with van der Waals surface area (Å²) in [5, 5.41) is 10.6. The number of carbonyl (C=O) groups is 4. The number of hydrogen-bond donors (Lipinski definition) is 3. The van der Waals surface area contributed by atoms with Crippen LogP contribution in [0.25, 0.3) is 0 Å². The molecule has 0 saturated heterocycles. The lowest BCUT2D eigenvalue weighted by molar-refractivity contribution is -0.161. The maximum Gasteiger partial charge on any atom is 0.472 e. The number of ether oxygens (including phenoxy) is 4. The van der Waals surface area contributed by atoms with E-state index in [1.807, 2.05) is 0 Å². The largest absolute Gasteiger partial charge is 0.472 e. The van der Waals surface area contributed by atoms with E-state index in [9.17, 15) is 43.2 Å². The highest BCUT2D eigenvalue weighted by Crippen LogP contribution is 2.45. The Kier molecular flexibility index (Phi) is 68.7. The average Bonchev–Trinajstić information content (AvgIpc) is 1.07. The first-order chi connectivity index (χ1) is 46.5. The molecule has 0 rings (SSSR count). The monoisotopic (exact) mass is 1410 g/mol. The summed E-state index contributed by atoms with van der Waals surface area (Å²) in [5.74, 6) is -1.39. The molecule has 3 N–H and O–H groups in total. The molecule has 0 heterocycles. The van der Waals surface area contributed by atoms with Gasteiger partial charge in [-0.3, -0.25) is 37.3 Å². The van der Waals surface area contributed by atoms with Gasteiger partial charge >= 0.3 is 39.5 Å². The van der Waals surface area contributed by atoms with E-state index in [0.29, 0.717) is 25.7 Å². The summed E-state index contributed by atoms with van der Waals surface area (Å²) in [4.78, 5) is 72.8. The zero-order chi connectivity index (χ0) is 70.5. The Bertz CT molecular complexity index is 1840. The SMILES string of the molecule is CCCCCCCCCCCCCCCCCCCCC(=O)O[C@H](COC(=O)CCCCCCCCCCCCCCCCCC)COP(=O)(O)OC[C@@H](O)COP(=O)(O)OC[C@@H](COC(=O)CCCCCCCCCCCCC)OC(=O)CCCCCCCCCCC(C)C. The van der Waals surface area contributed by atoms with E-state index in [0.717, 1.165) is 95.8 Å². The molecular formula is C77H150O17P2. The van der Waals surface area contributed by atoms with Crippen LogP contribution >= 0.6 is 15.6 Å². The fourth-order valence-corrected chi connectivity index (χ4v) is 13.5.